The smallest absolute Gasteiger partial charge is 0.333 e. The van der Waals surface area contributed by atoms with Crippen LogP contribution in [0.5, 0.6) is 0 Å². The first-order valence-electron chi connectivity index (χ1n) is 6.44. The van der Waals surface area contributed by atoms with Gasteiger partial charge in [0.15, 0.2) is 0 Å². The maximum Gasteiger partial charge on any atom is 0.333 e. The van der Waals surface area contributed by atoms with Crippen molar-refractivity contribution in [2.45, 2.75) is 20.0 Å². The number of nitrogens with zero attached hydrogens (tertiary/aromatic N) is 2. The molecule has 1 aromatic heterocycles. The number of hydrogen-bond acceptors (Lipinski definition) is 3. The van der Waals surface area contributed by atoms with Gasteiger partial charge in [0.1, 0.15) is 12.4 Å². The molecule has 0 amide bonds. The zero-order valence-electron chi connectivity index (χ0n) is 11.8. The van der Waals surface area contributed by atoms with E-state index in [9.17, 15) is 4.79 Å². The van der Waals surface area contributed by atoms with Crippen molar-refractivity contribution in [3.8, 4) is 0 Å². The van der Waals surface area contributed by atoms with Crippen molar-refractivity contribution < 1.29 is 9.53 Å². The van der Waals surface area contributed by atoms with E-state index in [0.29, 0.717) is 5.57 Å². The Morgan fingerprint density at radius 3 is 2.70 bits per heavy atom. The van der Waals surface area contributed by atoms with Gasteiger partial charge in [0, 0.05) is 19.0 Å². The molecule has 0 fully saturated rings. The number of aromatic nitrogens is 2. The van der Waals surface area contributed by atoms with E-state index in [1.54, 1.807) is 13.1 Å². The van der Waals surface area contributed by atoms with E-state index in [0.717, 1.165) is 17.9 Å². The van der Waals surface area contributed by atoms with Gasteiger partial charge in [-0.3, -0.25) is 0 Å². The Balaban J connectivity index is 2.04. The number of hydrogen-bond donors (Lipinski definition) is 0. The molecular weight excluding hydrogens is 252 g/mol. The van der Waals surface area contributed by atoms with E-state index in [1.807, 2.05) is 29.8 Å². The molecule has 0 saturated carbocycles. The van der Waals surface area contributed by atoms with E-state index >= 15 is 0 Å². The van der Waals surface area contributed by atoms with Gasteiger partial charge in [-0.2, -0.15) is 0 Å². The number of carbonyl (C=O) groups is 1. The first-order valence-corrected chi connectivity index (χ1v) is 6.44. The summed E-state index contributed by atoms with van der Waals surface area (Å²) < 4.78 is 7.09. The van der Waals surface area contributed by atoms with Crippen molar-refractivity contribution in [1.82, 2.24) is 9.55 Å². The van der Waals surface area contributed by atoms with E-state index in [1.165, 1.54) is 5.56 Å². The summed E-state index contributed by atoms with van der Waals surface area (Å²) in [4.78, 5) is 15.8. The van der Waals surface area contributed by atoms with Gasteiger partial charge in [0.05, 0.1) is 11.9 Å². The monoisotopic (exact) mass is 270 g/mol. The third-order valence-electron chi connectivity index (χ3n) is 3.09. The summed E-state index contributed by atoms with van der Waals surface area (Å²) in [6.07, 6.45) is 2.50. The molecular formula is C16H18N2O2. The molecule has 0 N–H and O–H groups in total. The molecule has 0 bridgehead atoms. The van der Waals surface area contributed by atoms with Crippen molar-refractivity contribution in [2.24, 2.45) is 7.05 Å². The first kappa shape index (κ1) is 14.1. The van der Waals surface area contributed by atoms with Crippen molar-refractivity contribution >= 4 is 5.97 Å². The van der Waals surface area contributed by atoms with E-state index < -0.39 is 0 Å². The van der Waals surface area contributed by atoms with Gasteiger partial charge >= 0.3 is 5.97 Å². The predicted octanol–water partition coefficient (Wildman–Crippen LogP) is 2.63. The van der Waals surface area contributed by atoms with Crippen molar-refractivity contribution in [1.29, 1.82) is 0 Å². The van der Waals surface area contributed by atoms with Crippen LogP contribution in [-0.2, 0) is 29.6 Å². The summed E-state index contributed by atoms with van der Waals surface area (Å²) in [5.74, 6) is 0.563. The van der Waals surface area contributed by atoms with Gasteiger partial charge in [-0.05, 0) is 12.5 Å². The van der Waals surface area contributed by atoms with Crippen molar-refractivity contribution in [2.75, 3.05) is 0 Å². The third kappa shape index (κ3) is 3.35. The molecule has 0 unspecified atom stereocenters. The standard InChI is InChI=1S/C16H18N2O2/c1-12(2)16(19)20-11-14-10-17-15(18(14)3)9-13-7-5-4-6-8-13/h4-8,10H,1,9,11H2,2-3H3. The number of imidazole rings is 1. The lowest BCUT2D eigenvalue weighted by Gasteiger charge is -2.07. The van der Waals surface area contributed by atoms with E-state index in [4.69, 9.17) is 4.74 Å². The lowest BCUT2D eigenvalue weighted by Crippen LogP contribution is -2.08. The highest BCUT2D eigenvalue weighted by Gasteiger charge is 2.10. The molecule has 20 heavy (non-hydrogen) atoms. The summed E-state index contributed by atoms with van der Waals surface area (Å²) in [6.45, 7) is 5.40. The summed E-state index contributed by atoms with van der Waals surface area (Å²) in [5, 5.41) is 0. The molecule has 0 aliphatic rings. The second-order valence-electron chi connectivity index (χ2n) is 4.74. The average molecular weight is 270 g/mol. The van der Waals surface area contributed by atoms with Gasteiger partial charge in [-0.1, -0.05) is 36.9 Å². The van der Waals surface area contributed by atoms with Crippen LogP contribution in [0, 0.1) is 0 Å². The fraction of sp³-hybridized carbons (Fsp3) is 0.250. The zero-order chi connectivity index (χ0) is 14.5. The van der Waals surface area contributed by atoms with Crippen LogP contribution >= 0.6 is 0 Å². The molecule has 0 radical (unpaired) electrons. The van der Waals surface area contributed by atoms with Crippen molar-refractivity contribution in [3.63, 3.8) is 0 Å². The average Bonchev–Trinajstić information content (AvgIpc) is 2.78. The largest absolute Gasteiger partial charge is 0.456 e. The van der Waals surface area contributed by atoms with Crippen LogP contribution in [-0.4, -0.2) is 15.5 Å². The number of carbonyl (C=O) groups excluding carboxylic acids is 1. The van der Waals surface area contributed by atoms with Gasteiger partial charge in [-0.15, -0.1) is 0 Å². The molecule has 0 aliphatic heterocycles. The molecule has 0 spiro atoms. The van der Waals surface area contributed by atoms with Crippen LogP contribution in [0.1, 0.15) is 24.0 Å². The van der Waals surface area contributed by atoms with Crippen LogP contribution in [0.2, 0.25) is 0 Å². The normalized spacial score (nSPS) is 10.3. The first-order chi connectivity index (χ1) is 9.58. The summed E-state index contributed by atoms with van der Waals surface area (Å²) in [7, 11) is 1.93. The Morgan fingerprint density at radius 2 is 2.05 bits per heavy atom. The zero-order valence-corrected chi connectivity index (χ0v) is 11.8. The number of rotatable bonds is 5. The second kappa shape index (κ2) is 6.19. The minimum atomic E-state index is -0.379. The molecule has 0 saturated heterocycles. The molecule has 104 valence electrons. The molecule has 4 nitrogen and oxygen atoms in total. The maximum absolute atomic E-state index is 11.4. The Bertz CT molecular complexity index is 615. The van der Waals surface area contributed by atoms with Crippen molar-refractivity contribution in [3.05, 3.63) is 65.8 Å². The van der Waals surface area contributed by atoms with Gasteiger partial charge < -0.3 is 9.30 Å². The molecule has 1 aromatic carbocycles. The Hall–Kier alpha value is -2.36. The summed E-state index contributed by atoms with van der Waals surface area (Å²) in [5.41, 5.74) is 2.47. The SMILES string of the molecule is C=C(C)C(=O)OCc1cnc(Cc2ccccc2)n1C. The Kier molecular flexibility index (Phi) is 4.35. The fourth-order valence-corrected chi connectivity index (χ4v) is 1.83. The van der Waals surface area contributed by atoms with Gasteiger partial charge in [-0.25, -0.2) is 9.78 Å². The molecule has 0 atom stereocenters. The lowest BCUT2D eigenvalue weighted by molar-refractivity contribution is -0.140. The van der Waals surface area contributed by atoms with Gasteiger partial charge in [0.2, 0.25) is 0 Å². The van der Waals surface area contributed by atoms with Crippen LogP contribution in [0.15, 0.2) is 48.7 Å². The highest BCUT2D eigenvalue weighted by molar-refractivity contribution is 5.86. The summed E-state index contributed by atoms with van der Waals surface area (Å²) in [6, 6.07) is 10.1. The van der Waals surface area contributed by atoms with E-state index in [-0.39, 0.29) is 12.6 Å². The number of esters is 1. The second-order valence-corrected chi connectivity index (χ2v) is 4.74. The molecule has 2 aromatic rings. The molecule has 2 rings (SSSR count). The van der Waals surface area contributed by atoms with E-state index in [2.05, 4.69) is 23.7 Å². The Labute approximate surface area is 118 Å². The topological polar surface area (TPSA) is 44.1 Å². The highest BCUT2D eigenvalue weighted by atomic mass is 16.5. The predicted molar refractivity (Wildman–Crippen MR) is 77.1 cm³/mol. The Morgan fingerprint density at radius 1 is 1.35 bits per heavy atom. The molecule has 0 aliphatic carbocycles. The van der Waals surface area contributed by atoms with Gasteiger partial charge in [0.25, 0.3) is 0 Å². The lowest BCUT2D eigenvalue weighted by atomic mass is 10.1. The number of benzene rings is 1. The third-order valence-corrected chi connectivity index (χ3v) is 3.09. The fourth-order valence-electron chi connectivity index (χ4n) is 1.83. The van der Waals surface area contributed by atoms with Crippen LogP contribution in [0.4, 0.5) is 0 Å². The van der Waals surface area contributed by atoms with Crippen LogP contribution in [0.3, 0.4) is 0 Å². The minimum Gasteiger partial charge on any atom is -0.456 e. The van der Waals surface area contributed by atoms with Crippen LogP contribution in [0.25, 0.3) is 0 Å². The number of ether oxygens (including phenoxy) is 1. The maximum atomic E-state index is 11.4. The minimum absolute atomic E-state index is 0.212. The highest BCUT2D eigenvalue weighted by Crippen LogP contribution is 2.11. The van der Waals surface area contributed by atoms with Crippen LogP contribution < -0.4 is 0 Å². The quantitative estimate of drug-likeness (QED) is 0.619. The molecule has 1 heterocycles. The summed E-state index contributed by atoms with van der Waals surface area (Å²) >= 11 is 0. The molecule has 4 heteroatoms.